The number of carbonyl (C=O) groups excluding carboxylic acids is 1. The van der Waals surface area contributed by atoms with E-state index >= 15 is 0 Å². The molecule has 2 rings (SSSR count). The summed E-state index contributed by atoms with van der Waals surface area (Å²) in [5, 5.41) is 3.37. The third-order valence-corrected chi connectivity index (χ3v) is 4.64. The van der Waals surface area contributed by atoms with Gasteiger partial charge in [-0.05, 0) is 37.8 Å². The highest BCUT2D eigenvalue weighted by molar-refractivity contribution is 5.81. The first-order valence-electron chi connectivity index (χ1n) is 7.57. The minimum atomic E-state index is 0.0205. The van der Waals surface area contributed by atoms with Crippen LogP contribution >= 0.6 is 0 Å². The SMILES string of the molecule is CCC(C)C(C)N1C(=O)CNC1c1ccc(C)cc1C. The van der Waals surface area contributed by atoms with E-state index in [4.69, 9.17) is 0 Å². The van der Waals surface area contributed by atoms with E-state index in [-0.39, 0.29) is 18.1 Å². The summed E-state index contributed by atoms with van der Waals surface area (Å²) in [6.45, 7) is 11.2. The molecule has 1 N–H and O–H groups in total. The summed E-state index contributed by atoms with van der Waals surface area (Å²) in [7, 11) is 0. The number of benzene rings is 1. The first kappa shape index (κ1) is 15.0. The smallest absolute Gasteiger partial charge is 0.238 e. The molecule has 1 fully saturated rings. The van der Waals surface area contributed by atoms with Crippen molar-refractivity contribution in [1.29, 1.82) is 0 Å². The first-order chi connectivity index (χ1) is 9.45. The molecule has 0 spiro atoms. The van der Waals surface area contributed by atoms with E-state index in [1.54, 1.807) is 0 Å². The fourth-order valence-corrected chi connectivity index (χ4v) is 2.99. The lowest BCUT2D eigenvalue weighted by Gasteiger charge is -2.34. The van der Waals surface area contributed by atoms with E-state index in [1.165, 1.54) is 16.7 Å². The third-order valence-electron chi connectivity index (χ3n) is 4.64. The zero-order chi connectivity index (χ0) is 14.9. The Morgan fingerprint density at radius 3 is 2.65 bits per heavy atom. The summed E-state index contributed by atoms with van der Waals surface area (Å²) in [5.41, 5.74) is 3.73. The minimum Gasteiger partial charge on any atom is -0.319 e. The van der Waals surface area contributed by atoms with Gasteiger partial charge in [0.05, 0.1) is 6.54 Å². The standard InChI is InChI=1S/C17H26N2O/c1-6-12(3)14(5)19-16(20)10-18-17(19)15-8-7-11(2)9-13(15)4/h7-9,12,14,17-18H,6,10H2,1-5H3. The van der Waals surface area contributed by atoms with Crippen LogP contribution in [0.4, 0.5) is 0 Å². The van der Waals surface area contributed by atoms with E-state index in [0.29, 0.717) is 12.5 Å². The molecule has 3 atom stereocenters. The van der Waals surface area contributed by atoms with Crippen LogP contribution in [0.3, 0.4) is 0 Å². The molecule has 0 bridgehead atoms. The Hall–Kier alpha value is -1.35. The Bertz CT molecular complexity index is 498. The van der Waals surface area contributed by atoms with E-state index in [2.05, 4.69) is 58.1 Å². The Labute approximate surface area is 122 Å². The van der Waals surface area contributed by atoms with Crippen molar-refractivity contribution < 1.29 is 4.79 Å². The third kappa shape index (κ3) is 2.73. The minimum absolute atomic E-state index is 0.0205. The van der Waals surface area contributed by atoms with Gasteiger partial charge in [0, 0.05) is 6.04 Å². The van der Waals surface area contributed by atoms with Gasteiger partial charge in [-0.25, -0.2) is 0 Å². The van der Waals surface area contributed by atoms with Crippen molar-refractivity contribution in [1.82, 2.24) is 10.2 Å². The molecule has 0 aromatic heterocycles. The molecule has 1 heterocycles. The monoisotopic (exact) mass is 274 g/mol. The topological polar surface area (TPSA) is 32.3 Å². The molecule has 0 aliphatic carbocycles. The average Bonchev–Trinajstić information content (AvgIpc) is 2.78. The highest BCUT2D eigenvalue weighted by atomic mass is 16.2. The van der Waals surface area contributed by atoms with E-state index < -0.39 is 0 Å². The summed E-state index contributed by atoms with van der Waals surface area (Å²) in [6, 6.07) is 6.72. The molecule has 0 radical (unpaired) electrons. The Kier molecular flexibility index (Phi) is 4.48. The molecule has 1 aliphatic heterocycles. The molecule has 1 aromatic carbocycles. The van der Waals surface area contributed by atoms with Crippen molar-refractivity contribution in [2.24, 2.45) is 5.92 Å². The predicted octanol–water partition coefficient (Wildman–Crippen LogP) is 3.17. The van der Waals surface area contributed by atoms with Gasteiger partial charge in [-0.2, -0.15) is 0 Å². The lowest BCUT2D eigenvalue weighted by Crippen LogP contribution is -2.41. The summed E-state index contributed by atoms with van der Waals surface area (Å²) in [4.78, 5) is 14.3. The van der Waals surface area contributed by atoms with Crippen LogP contribution in [-0.2, 0) is 4.79 Å². The van der Waals surface area contributed by atoms with Gasteiger partial charge < -0.3 is 4.90 Å². The summed E-state index contributed by atoms with van der Waals surface area (Å²) < 4.78 is 0. The van der Waals surface area contributed by atoms with Crippen LogP contribution in [0, 0.1) is 19.8 Å². The lowest BCUT2D eigenvalue weighted by molar-refractivity contribution is -0.131. The normalized spacial score (nSPS) is 22.1. The molecule has 1 saturated heterocycles. The fraction of sp³-hybridized carbons (Fsp3) is 0.588. The first-order valence-corrected chi connectivity index (χ1v) is 7.57. The maximum Gasteiger partial charge on any atom is 0.238 e. The lowest BCUT2D eigenvalue weighted by atomic mass is 9.97. The quantitative estimate of drug-likeness (QED) is 0.914. The maximum atomic E-state index is 12.3. The van der Waals surface area contributed by atoms with Crippen LogP contribution < -0.4 is 5.32 Å². The van der Waals surface area contributed by atoms with Crippen molar-refractivity contribution in [2.75, 3.05) is 6.54 Å². The van der Waals surface area contributed by atoms with Gasteiger partial charge in [0.1, 0.15) is 6.17 Å². The van der Waals surface area contributed by atoms with Crippen molar-refractivity contribution in [3.63, 3.8) is 0 Å². The second-order valence-electron chi connectivity index (χ2n) is 6.07. The number of amides is 1. The predicted molar refractivity (Wildman–Crippen MR) is 82.4 cm³/mol. The highest BCUT2D eigenvalue weighted by Crippen LogP contribution is 2.30. The van der Waals surface area contributed by atoms with Gasteiger partial charge in [-0.15, -0.1) is 0 Å². The molecule has 3 nitrogen and oxygen atoms in total. The molecular weight excluding hydrogens is 248 g/mol. The van der Waals surface area contributed by atoms with Gasteiger partial charge >= 0.3 is 0 Å². The number of carbonyl (C=O) groups is 1. The Morgan fingerprint density at radius 1 is 1.35 bits per heavy atom. The van der Waals surface area contributed by atoms with E-state index in [0.717, 1.165) is 6.42 Å². The molecule has 110 valence electrons. The largest absolute Gasteiger partial charge is 0.319 e. The molecule has 1 aliphatic rings. The van der Waals surface area contributed by atoms with Gasteiger partial charge in [0.25, 0.3) is 0 Å². The number of hydrogen-bond acceptors (Lipinski definition) is 2. The van der Waals surface area contributed by atoms with Crippen LogP contribution in [0.1, 0.15) is 50.0 Å². The zero-order valence-corrected chi connectivity index (χ0v) is 13.2. The number of hydrogen-bond donors (Lipinski definition) is 1. The number of nitrogens with one attached hydrogen (secondary N) is 1. The molecule has 3 unspecified atom stereocenters. The van der Waals surface area contributed by atoms with Crippen LogP contribution in [-0.4, -0.2) is 23.4 Å². The number of aryl methyl sites for hydroxylation is 2. The molecule has 0 saturated carbocycles. The number of rotatable bonds is 4. The van der Waals surface area contributed by atoms with Gasteiger partial charge in [0.2, 0.25) is 5.91 Å². The van der Waals surface area contributed by atoms with Gasteiger partial charge in [-0.1, -0.05) is 44.0 Å². The molecule has 1 amide bonds. The van der Waals surface area contributed by atoms with Crippen molar-refractivity contribution in [2.45, 2.75) is 53.2 Å². The molecule has 3 heteroatoms. The summed E-state index contributed by atoms with van der Waals surface area (Å²) >= 11 is 0. The molecular formula is C17H26N2O. The molecule has 1 aromatic rings. The van der Waals surface area contributed by atoms with E-state index in [9.17, 15) is 4.79 Å². The van der Waals surface area contributed by atoms with Gasteiger partial charge in [0.15, 0.2) is 0 Å². The maximum absolute atomic E-state index is 12.3. The summed E-state index contributed by atoms with van der Waals surface area (Å²) in [6.07, 6.45) is 1.11. The summed E-state index contributed by atoms with van der Waals surface area (Å²) in [5.74, 6) is 0.717. The van der Waals surface area contributed by atoms with E-state index in [1.807, 2.05) is 4.90 Å². The molecule has 20 heavy (non-hydrogen) atoms. The zero-order valence-electron chi connectivity index (χ0n) is 13.2. The number of nitrogens with zero attached hydrogens (tertiary/aromatic N) is 1. The Balaban J connectivity index is 2.32. The second-order valence-corrected chi connectivity index (χ2v) is 6.07. The highest BCUT2D eigenvalue weighted by Gasteiger charge is 2.36. The van der Waals surface area contributed by atoms with Gasteiger partial charge in [-0.3, -0.25) is 10.1 Å². The van der Waals surface area contributed by atoms with Crippen molar-refractivity contribution in [3.05, 3.63) is 34.9 Å². The van der Waals surface area contributed by atoms with Crippen LogP contribution in [0.5, 0.6) is 0 Å². The Morgan fingerprint density at radius 2 is 2.05 bits per heavy atom. The average molecular weight is 274 g/mol. The second kappa shape index (κ2) is 5.96. The van der Waals surface area contributed by atoms with Crippen molar-refractivity contribution >= 4 is 5.91 Å². The van der Waals surface area contributed by atoms with Crippen LogP contribution in [0.2, 0.25) is 0 Å². The van der Waals surface area contributed by atoms with Crippen molar-refractivity contribution in [3.8, 4) is 0 Å². The van der Waals surface area contributed by atoms with Crippen LogP contribution in [0.15, 0.2) is 18.2 Å². The fourth-order valence-electron chi connectivity index (χ4n) is 2.99. The van der Waals surface area contributed by atoms with Crippen LogP contribution in [0.25, 0.3) is 0 Å².